The maximum Gasteiger partial charge on any atom is 0.193 e. The summed E-state index contributed by atoms with van der Waals surface area (Å²) in [5.41, 5.74) is 1.16. The van der Waals surface area contributed by atoms with Crippen molar-refractivity contribution < 1.29 is 4.74 Å². The molecule has 0 aliphatic carbocycles. The van der Waals surface area contributed by atoms with Gasteiger partial charge in [-0.3, -0.25) is 4.99 Å². The number of methoxy groups -OCH3 is 1. The second-order valence-electron chi connectivity index (χ2n) is 5.92. The number of anilines is 1. The van der Waals surface area contributed by atoms with Gasteiger partial charge in [0.25, 0.3) is 0 Å². The second-order valence-corrected chi connectivity index (χ2v) is 5.92. The van der Waals surface area contributed by atoms with Gasteiger partial charge < -0.3 is 24.4 Å². The van der Waals surface area contributed by atoms with Gasteiger partial charge in [-0.2, -0.15) is 0 Å². The van der Waals surface area contributed by atoms with Crippen LogP contribution in [0.3, 0.4) is 0 Å². The maximum atomic E-state index is 5.48. The molecule has 7 nitrogen and oxygen atoms in total. The molecule has 0 bridgehead atoms. The van der Waals surface area contributed by atoms with Crippen LogP contribution in [0, 0.1) is 0 Å². The lowest BCUT2D eigenvalue weighted by molar-refractivity contribution is 0.366. The number of aliphatic imine (C=N–C) groups is 1. The van der Waals surface area contributed by atoms with Crippen LogP contribution in [0.4, 0.5) is 5.69 Å². The minimum atomic E-state index is 0. The molecule has 1 aliphatic rings. The van der Waals surface area contributed by atoms with Gasteiger partial charge in [0.1, 0.15) is 5.75 Å². The molecule has 0 amide bonds. The summed E-state index contributed by atoms with van der Waals surface area (Å²) in [6.07, 6.45) is 5.60. The van der Waals surface area contributed by atoms with Crippen LogP contribution in [0.1, 0.15) is 0 Å². The highest BCUT2D eigenvalue weighted by Gasteiger charge is 2.21. The van der Waals surface area contributed by atoms with Gasteiger partial charge in [-0.1, -0.05) is 12.1 Å². The number of nitrogens with zero attached hydrogens (tertiary/aromatic N) is 5. The first-order chi connectivity index (χ1) is 12.3. The number of guanidine groups is 1. The Balaban J connectivity index is 0.00000243. The van der Waals surface area contributed by atoms with E-state index in [1.807, 2.05) is 31.7 Å². The van der Waals surface area contributed by atoms with E-state index in [1.165, 1.54) is 0 Å². The number of halogens is 1. The summed E-state index contributed by atoms with van der Waals surface area (Å²) >= 11 is 0. The van der Waals surface area contributed by atoms with Crippen LogP contribution in [0.15, 0.2) is 48.0 Å². The van der Waals surface area contributed by atoms with E-state index < -0.39 is 0 Å². The minimum absolute atomic E-state index is 0. The number of aromatic nitrogens is 2. The molecule has 2 heterocycles. The predicted molar refractivity (Wildman–Crippen MR) is 116 cm³/mol. The Labute approximate surface area is 172 Å². The van der Waals surface area contributed by atoms with Crippen LogP contribution < -0.4 is 15.0 Å². The molecule has 142 valence electrons. The van der Waals surface area contributed by atoms with Crippen molar-refractivity contribution in [1.29, 1.82) is 0 Å². The number of para-hydroxylation sites is 2. The van der Waals surface area contributed by atoms with Crippen LogP contribution >= 0.6 is 24.0 Å². The van der Waals surface area contributed by atoms with Crippen LogP contribution in [0.2, 0.25) is 0 Å². The van der Waals surface area contributed by atoms with Gasteiger partial charge in [0.05, 0.1) is 19.1 Å². The Morgan fingerprint density at radius 2 is 2.00 bits per heavy atom. The number of rotatable bonds is 5. The molecule has 1 aromatic heterocycles. The van der Waals surface area contributed by atoms with Crippen LogP contribution in [0.25, 0.3) is 0 Å². The molecule has 1 aromatic carbocycles. The molecule has 26 heavy (non-hydrogen) atoms. The molecule has 1 aliphatic heterocycles. The minimum Gasteiger partial charge on any atom is -0.495 e. The quantitative estimate of drug-likeness (QED) is 0.411. The molecular formula is C18H27IN6O. The third-order valence-corrected chi connectivity index (χ3v) is 4.43. The van der Waals surface area contributed by atoms with Gasteiger partial charge in [0, 0.05) is 58.7 Å². The Bertz CT molecular complexity index is 683. The second kappa shape index (κ2) is 10.2. The first-order valence-electron chi connectivity index (χ1n) is 8.61. The van der Waals surface area contributed by atoms with Gasteiger partial charge in [0.2, 0.25) is 0 Å². The lowest BCUT2D eigenvalue weighted by Gasteiger charge is -2.38. The topological polar surface area (TPSA) is 57.9 Å². The molecule has 0 atom stereocenters. The van der Waals surface area contributed by atoms with E-state index in [2.05, 4.69) is 41.8 Å². The molecule has 3 rings (SSSR count). The van der Waals surface area contributed by atoms with Gasteiger partial charge in [-0.25, -0.2) is 4.98 Å². The largest absolute Gasteiger partial charge is 0.495 e. The van der Waals surface area contributed by atoms with E-state index in [-0.39, 0.29) is 24.0 Å². The fraction of sp³-hybridized carbons (Fsp3) is 0.444. The average Bonchev–Trinajstić information content (AvgIpc) is 3.19. The summed E-state index contributed by atoms with van der Waals surface area (Å²) in [5.74, 6) is 1.89. The SMILES string of the molecule is CN=C(NCCn1ccnc1)N1CCN(c2ccccc2OC)CC1.I. The van der Waals surface area contributed by atoms with Crippen molar-refractivity contribution in [3.05, 3.63) is 43.0 Å². The number of hydrogen-bond acceptors (Lipinski definition) is 4. The van der Waals surface area contributed by atoms with Gasteiger partial charge in [0.15, 0.2) is 5.96 Å². The number of ether oxygens (including phenoxy) is 1. The fourth-order valence-corrected chi connectivity index (χ4v) is 3.10. The van der Waals surface area contributed by atoms with Gasteiger partial charge in [-0.15, -0.1) is 24.0 Å². The van der Waals surface area contributed by atoms with Gasteiger partial charge in [-0.05, 0) is 12.1 Å². The lowest BCUT2D eigenvalue weighted by Crippen LogP contribution is -2.53. The van der Waals surface area contributed by atoms with Crippen molar-refractivity contribution in [3.63, 3.8) is 0 Å². The molecule has 1 N–H and O–H groups in total. The molecule has 2 aromatic rings. The average molecular weight is 470 g/mol. The monoisotopic (exact) mass is 470 g/mol. The molecule has 0 saturated carbocycles. The standard InChI is InChI=1S/C18H26N6O.HI/c1-19-18(21-8-10-22-9-7-20-15-22)24-13-11-23(12-14-24)16-5-3-4-6-17(16)25-2;/h3-7,9,15H,8,10-14H2,1-2H3,(H,19,21);1H. The Morgan fingerprint density at radius 1 is 1.23 bits per heavy atom. The van der Waals surface area contributed by atoms with E-state index in [1.54, 1.807) is 13.3 Å². The number of hydrogen-bond donors (Lipinski definition) is 1. The molecule has 1 saturated heterocycles. The van der Waals surface area contributed by atoms with Gasteiger partial charge >= 0.3 is 0 Å². The summed E-state index contributed by atoms with van der Waals surface area (Å²) in [6.45, 7) is 5.47. The van der Waals surface area contributed by atoms with Crippen molar-refractivity contribution in [1.82, 2.24) is 19.8 Å². The lowest BCUT2D eigenvalue weighted by atomic mass is 10.2. The first-order valence-corrected chi connectivity index (χ1v) is 8.61. The van der Waals surface area contributed by atoms with Crippen molar-refractivity contribution in [2.45, 2.75) is 6.54 Å². The maximum absolute atomic E-state index is 5.48. The number of imidazole rings is 1. The molecular weight excluding hydrogens is 443 g/mol. The zero-order valence-electron chi connectivity index (χ0n) is 15.3. The highest BCUT2D eigenvalue weighted by Crippen LogP contribution is 2.28. The Hall–Kier alpha value is -1.97. The molecule has 0 spiro atoms. The summed E-state index contributed by atoms with van der Waals surface area (Å²) in [5, 5.41) is 3.44. The van der Waals surface area contributed by atoms with E-state index in [0.29, 0.717) is 0 Å². The van der Waals surface area contributed by atoms with Crippen molar-refractivity contribution in [3.8, 4) is 5.75 Å². The molecule has 0 unspecified atom stereocenters. The summed E-state index contributed by atoms with van der Waals surface area (Å²) in [4.78, 5) is 13.2. The zero-order chi connectivity index (χ0) is 17.5. The summed E-state index contributed by atoms with van der Waals surface area (Å²) in [7, 11) is 3.56. The first kappa shape index (κ1) is 20.3. The molecule has 0 radical (unpaired) electrons. The summed E-state index contributed by atoms with van der Waals surface area (Å²) < 4.78 is 7.54. The van der Waals surface area contributed by atoms with E-state index in [9.17, 15) is 0 Å². The smallest absolute Gasteiger partial charge is 0.193 e. The van der Waals surface area contributed by atoms with Crippen molar-refractivity contribution >= 4 is 35.6 Å². The highest BCUT2D eigenvalue weighted by molar-refractivity contribution is 14.0. The third kappa shape index (κ3) is 5.03. The van der Waals surface area contributed by atoms with Crippen molar-refractivity contribution in [2.75, 3.05) is 51.8 Å². The fourth-order valence-electron chi connectivity index (χ4n) is 3.10. The molecule has 8 heteroatoms. The number of benzene rings is 1. The summed E-state index contributed by atoms with van der Waals surface area (Å²) in [6, 6.07) is 8.19. The number of piperazine rings is 1. The van der Waals surface area contributed by atoms with Crippen LogP contribution in [0.5, 0.6) is 5.75 Å². The number of nitrogens with one attached hydrogen (secondary N) is 1. The van der Waals surface area contributed by atoms with E-state index in [0.717, 1.165) is 56.7 Å². The predicted octanol–water partition coefficient (Wildman–Crippen LogP) is 1.91. The Kier molecular flexibility index (Phi) is 8.02. The van der Waals surface area contributed by atoms with Crippen molar-refractivity contribution in [2.24, 2.45) is 4.99 Å². The highest BCUT2D eigenvalue weighted by atomic mass is 127. The Morgan fingerprint density at radius 3 is 2.65 bits per heavy atom. The van der Waals surface area contributed by atoms with E-state index in [4.69, 9.17) is 4.74 Å². The third-order valence-electron chi connectivity index (χ3n) is 4.43. The van der Waals surface area contributed by atoms with E-state index >= 15 is 0 Å². The van der Waals surface area contributed by atoms with Crippen LogP contribution in [-0.4, -0.2) is 67.3 Å². The zero-order valence-corrected chi connectivity index (χ0v) is 17.7. The van der Waals surface area contributed by atoms with Crippen LogP contribution in [-0.2, 0) is 6.54 Å². The normalized spacial score (nSPS) is 14.8. The molecule has 1 fully saturated rings.